The molecule has 2 N–H and O–H groups in total. The molecule has 0 aliphatic rings. The Morgan fingerprint density at radius 2 is 1.82 bits per heavy atom. The van der Waals surface area contributed by atoms with Crippen molar-refractivity contribution < 1.29 is 14.3 Å². The summed E-state index contributed by atoms with van der Waals surface area (Å²) < 4.78 is 10.6. The molecule has 0 bridgehead atoms. The predicted octanol–water partition coefficient (Wildman–Crippen LogP) is 1.98. The van der Waals surface area contributed by atoms with Gasteiger partial charge in [0.25, 0.3) is 0 Å². The fourth-order valence-corrected chi connectivity index (χ4v) is 1.23. The molecule has 1 unspecified atom stereocenters. The van der Waals surface area contributed by atoms with Crippen molar-refractivity contribution in [1.82, 2.24) is 0 Å². The highest BCUT2D eigenvalue weighted by Gasteiger charge is 2.09. The molecular formula is C13H19NO3. The second-order valence-electron chi connectivity index (χ2n) is 4.14. The van der Waals surface area contributed by atoms with Gasteiger partial charge < -0.3 is 15.2 Å². The topological polar surface area (TPSA) is 61.5 Å². The lowest BCUT2D eigenvalue weighted by Gasteiger charge is -2.13. The van der Waals surface area contributed by atoms with Crippen LogP contribution in [0.1, 0.15) is 31.1 Å². The molecule has 0 amide bonds. The van der Waals surface area contributed by atoms with Gasteiger partial charge in [0.05, 0.1) is 11.7 Å². The van der Waals surface area contributed by atoms with Gasteiger partial charge in [-0.2, -0.15) is 0 Å². The standard InChI is InChI=1S/C13H19NO3/c1-9(2)16-13(15)11-4-6-12(7-5-11)17-10(3)8-14/h4-7,9-10H,8,14H2,1-3H3. The molecule has 0 aliphatic heterocycles. The van der Waals surface area contributed by atoms with Crippen LogP contribution in [0.25, 0.3) is 0 Å². The Kier molecular flexibility index (Phi) is 4.97. The number of hydrogen-bond acceptors (Lipinski definition) is 4. The number of esters is 1. The summed E-state index contributed by atoms with van der Waals surface area (Å²) in [5, 5.41) is 0. The van der Waals surface area contributed by atoms with Crippen molar-refractivity contribution in [3.63, 3.8) is 0 Å². The highest BCUT2D eigenvalue weighted by Crippen LogP contribution is 2.14. The van der Waals surface area contributed by atoms with Crippen molar-refractivity contribution in [3.8, 4) is 5.75 Å². The van der Waals surface area contributed by atoms with E-state index in [0.717, 1.165) is 0 Å². The van der Waals surface area contributed by atoms with Crippen LogP contribution in [0.15, 0.2) is 24.3 Å². The third-order valence-corrected chi connectivity index (χ3v) is 2.10. The lowest BCUT2D eigenvalue weighted by atomic mass is 10.2. The zero-order chi connectivity index (χ0) is 12.8. The number of rotatable bonds is 5. The van der Waals surface area contributed by atoms with Gasteiger partial charge in [-0.05, 0) is 45.0 Å². The van der Waals surface area contributed by atoms with Crippen molar-refractivity contribution in [2.75, 3.05) is 6.54 Å². The predicted molar refractivity (Wildman–Crippen MR) is 66.1 cm³/mol. The molecule has 0 fully saturated rings. The summed E-state index contributed by atoms with van der Waals surface area (Å²) in [4.78, 5) is 11.6. The summed E-state index contributed by atoms with van der Waals surface area (Å²) in [6.07, 6.45) is -0.154. The first-order chi connectivity index (χ1) is 8.02. The molecule has 0 heterocycles. The molecule has 1 aromatic rings. The number of hydrogen-bond donors (Lipinski definition) is 1. The molecule has 17 heavy (non-hydrogen) atoms. The number of carbonyl (C=O) groups is 1. The van der Waals surface area contributed by atoms with Gasteiger partial charge in [-0.3, -0.25) is 0 Å². The highest BCUT2D eigenvalue weighted by molar-refractivity contribution is 5.89. The van der Waals surface area contributed by atoms with Gasteiger partial charge in [-0.25, -0.2) is 4.79 Å². The van der Waals surface area contributed by atoms with Crippen LogP contribution in [0, 0.1) is 0 Å². The fourth-order valence-electron chi connectivity index (χ4n) is 1.23. The molecule has 1 atom stereocenters. The summed E-state index contributed by atoms with van der Waals surface area (Å²) in [6, 6.07) is 6.85. The molecule has 0 saturated heterocycles. The van der Waals surface area contributed by atoms with E-state index in [1.54, 1.807) is 24.3 Å². The molecule has 0 spiro atoms. The second kappa shape index (κ2) is 6.25. The minimum atomic E-state index is -0.321. The molecule has 4 heteroatoms. The van der Waals surface area contributed by atoms with Gasteiger partial charge in [0, 0.05) is 6.54 Å². The molecule has 0 radical (unpaired) electrons. The summed E-state index contributed by atoms with van der Waals surface area (Å²) in [5.41, 5.74) is 5.97. The van der Waals surface area contributed by atoms with Crippen molar-refractivity contribution in [2.45, 2.75) is 33.0 Å². The van der Waals surface area contributed by atoms with E-state index in [4.69, 9.17) is 15.2 Å². The van der Waals surface area contributed by atoms with Crippen molar-refractivity contribution in [3.05, 3.63) is 29.8 Å². The molecular weight excluding hydrogens is 218 g/mol. The Labute approximate surface area is 102 Å². The Morgan fingerprint density at radius 3 is 2.29 bits per heavy atom. The molecule has 0 saturated carbocycles. The van der Waals surface area contributed by atoms with Crippen LogP contribution < -0.4 is 10.5 Å². The molecule has 0 aliphatic carbocycles. The van der Waals surface area contributed by atoms with Gasteiger partial charge in [0.1, 0.15) is 11.9 Å². The number of carbonyl (C=O) groups excluding carboxylic acids is 1. The average Bonchev–Trinajstić information content (AvgIpc) is 2.28. The lowest BCUT2D eigenvalue weighted by molar-refractivity contribution is 0.0378. The second-order valence-corrected chi connectivity index (χ2v) is 4.14. The largest absolute Gasteiger partial charge is 0.489 e. The van der Waals surface area contributed by atoms with E-state index in [1.807, 2.05) is 20.8 Å². The average molecular weight is 237 g/mol. The van der Waals surface area contributed by atoms with Crippen molar-refractivity contribution in [1.29, 1.82) is 0 Å². The quantitative estimate of drug-likeness (QED) is 0.795. The number of benzene rings is 1. The van der Waals surface area contributed by atoms with Crippen LogP contribution in [0.2, 0.25) is 0 Å². The first-order valence-electron chi connectivity index (χ1n) is 5.70. The van der Waals surface area contributed by atoms with Gasteiger partial charge in [0.15, 0.2) is 0 Å². The smallest absolute Gasteiger partial charge is 0.338 e. The van der Waals surface area contributed by atoms with Gasteiger partial charge in [0.2, 0.25) is 0 Å². The maximum Gasteiger partial charge on any atom is 0.338 e. The monoisotopic (exact) mass is 237 g/mol. The van der Waals surface area contributed by atoms with E-state index in [2.05, 4.69) is 0 Å². The molecule has 1 rings (SSSR count). The zero-order valence-electron chi connectivity index (χ0n) is 10.5. The number of nitrogens with two attached hydrogens (primary N) is 1. The minimum absolute atomic E-state index is 0.0385. The van der Waals surface area contributed by atoms with E-state index in [0.29, 0.717) is 17.9 Å². The maximum absolute atomic E-state index is 11.6. The van der Waals surface area contributed by atoms with Gasteiger partial charge in [-0.1, -0.05) is 0 Å². The van der Waals surface area contributed by atoms with E-state index < -0.39 is 0 Å². The Bertz CT molecular complexity index is 359. The summed E-state index contributed by atoms with van der Waals surface area (Å²) in [6.45, 7) is 5.98. The Hall–Kier alpha value is -1.55. The summed E-state index contributed by atoms with van der Waals surface area (Å²) >= 11 is 0. The van der Waals surface area contributed by atoms with E-state index in [1.165, 1.54) is 0 Å². The van der Waals surface area contributed by atoms with E-state index >= 15 is 0 Å². The van der Waals surface area contributed by atoms with Crippen molar-refractivity contribution in [2.24, 2.45) is 5.73 Å². The molecule has 94 valence electrons. The van der Waals surface area contributed by atoms with Crippen LogP contribution in [0.4, 0.5) is 0 Å². The third-order valence-electron chi connectivity index (χ3n) is 2.10. The van der Waals surface area contributed by atoms with Crippen LogP contribution in [0.3, 0.4) is 0 Å². The molecule has 4 nitrogen and oxygen atoms in total. The summed E-state index contributed by atoms with van der Waals surface area (Å²) in [5.74, 6) is 0.377. The van der Waals surface area contributed by atoms with Gasteiger partial charge >= 0.3 is 5.97 Å². The maximum atomic E-state index is 11.6. The molecule has 1 aromatic carbocycles. The van der Waals surface area contributed by atoms with E-state index in [9.17, 15) is 4.79 Å². The normalized spacial score (nSPS) is 12.3. The van der Waals surface area contributed by atoms with Crippen LogP contribution in [0.5, 0.6) is 5.75 Å². The van der Waals surface area contributed by atoms with Crippen LogP contribution in [-0.4, -0.2) is 24.7 Å². The molecule has 0 aromatic heterocycles. The lowest BCUT2D eigenvalue weighted by Crippen LogP contribution is -2.22. The third kappa shape index (κ3) is 4.44. The first kappa shape index (κ1) is 13.5. The van der Waals surface area contributed by atoms with Gasteiger partial charge in [-0.15, -0.1) is 0 Å². The summed E-state index contributed by atoms with van der Waals surface area (Å²) in [7, 11) is 0. The minimum Gasteiger partial charge on any atom is -0.489 e. The Balaban J connectivity index is 2.64. The fraction of sp³-hybridized carbons (Fsp3) is 0.462. The Morgan fingerprint density at radius 1 is 1.24 bits per heavy atom. The first-order valence-corrected chi connectivity index (χ1v) is 5.70. The van der Waals surface area contributed by atoms with Crippen LogP contribution >= 0.6 is 0 Å². The van der Waals surface area contributed by atoms with Crippen molar-refractivity contribution >= 4 is 5.97 Å². The van der Waals surface area contributed by atoms with E-state index in [-0.39, 0.29) is 18.2 Å². The zero-order valence-corrected chi connectivity index (χ0v) is 10.5. The SMILES string of the molecule is CC(C)OC(=O)c1ccc(OC(C)CN)cc1. The van der Waals surface area contributed by atoms with Crippen LogP contribution in [-0.2, 0) is 4.74 Å². The number of ether oxygens (including phenoxy) is 2. The highest BCUT2D eigenvalue weighted by atomic mass is 16.5.